The zero-order valence-corrected chi connectivity index (χ0v) is 11.6. The van der Waals surface area contributed by atoms with Gasteiger partial charge in [0.2, 0.25) is 0 Å². The molecule has 3 aromatic rings. The Kier molecular flexibility index (Phi) is 3.41. The smallest absolute Gasteiger partial charge is 0.343 e. The first-order valence-corrected chi connectivity index (χ1v) is 6.72. The molecular weight excluding hydrogens is 299 g/mol. The zero-order chi connectivity index (χ0) is 15.0. The lowest BCUT2D eigenvalue weighted by molar-refractivity contribution is -0.137. The van der Waals surface area contributed by atoms with Crippen LogP contribution in [0.4, 0.5) is 13.2 Å². The van der Waals surface area contributed by atoms with E-state index < -0.39 is 11.7 Å². The maximum Gasteiger partial charge on any atom is 0.416 e. The van der Waals surface area contributed by atoms with Crippen molar-refractivity contribution in [2.24, 2.45) is 0 Å². The number of fused-ring (bicyclic) bond motifs is 1. The van der Waals surface area contributed by atoms with Crippen LogP contribution in [0.15, 0.2) is 54.7 Å². The molecule has 2 aromatic carbocycles. The minimum Gasteiger partial charge on any atom is -0.343 e. The van der Waals surface area contributed by atoms with E-state index in [1.54, 1.807) is 0 Å². The molecule has 0 atom stereocenters. The molecule has 1 heterocycles. The van der Waals surface area contributed by atoms with Crippen LogP contribution in [0.5, 0.6) is 0 Å². The molecule has 0 unspecified atom stereocenters. The van der Waals surface area contributed by atoms with Crippen molar-refractivity contribution in [2.45, 2.75) is 12.7 Å². The van der Waals surface area contributed by atoms with Crippen molar-refractivity contribution in [3.8, 4) is 0 Å². The van der Waals surface area contributed by atoms with Crippen LogP contribution in [0.2, 0.25) is 5.02 Å². The lowest BCUT2D eigenvalue weighted by Crippen LogP contribution is -2.05. The maximum absolute atomic E-state index is 12.5. The van der Waals surface area contributed by atoms with Crippen LogP contribution >= 0.6 is 11.6 Å². The molecule has 0 N–H and O–H groups in total. The topological polar surface area (TPSA) is 4.93 Å². The lowest BCUT2D eigenvalue weighted by Gasteiger charge is -2.09. The summed E-state index contributed by atoms with van der Waals surface area (Å²) < 4.78 is 39.6. The molecule has 21 heavy (non-hydrogen) atoms. The summed E-state index contributed by atoms with van der Waals surface area (Å²) in [5.74, 6) is 0. The first-order valence-electron chi connectivity index (χ1n) is 6.34. The first-order chi connectivity index (χ1) is 9.93. The fraction of sp³-hybridized carbons (Fsp3) is 0.125. The predicted molar refractivity (Wildman–Crippen MR) is 77.5 cm³/mol. The Hall–Kier alpha value is -1.94. The summed E-state index contributed by atoms with van der Waals surface area (Å²) in [5, 5.41) is 1.68. The van der Waals surface area contributed by atoms with Crippen molar-refractivity contribution in [1.82, 2.24) is 4.57 Å². The summed E-state index contributed by atoms with van der Waals surface area (Å²) in [6.07, 6.45) is -2.40. The molecule has 0 aliphatic carbocycles. The zero-order valence-electron chi connectivity index (χ0n) is 10.9. The Bertz CT molecular complexity index is 772. The van der Waals surface area contributed by atoms with E-state index in [0.29, 0.717) is 11.6 Å². The fourth-order valence-corrected chi connectivity index (χ4v) is 2.46. The van der Waals surface area contributed by atoms with Gasteiger partial charge in [-0.1, -0.05) is 29.8 Å². The van der Waals surface area contributed by atoms with Gasteiger partial charge in [-0.05, 0) is 41.3 Å². The molecule has 0 saturated heterocycles. The molecule has 108 valence electrons. The summed E-state index contributed by atoms with van der Waals surface area (Å²) in [5.41, 5.74) is 1.13. The molecule has 0 spiro atoms. The highest BCUT2D eigenvalue weighted by atomic mass is 35.5. The van der Waals surface area contributed by atoms with Crippen molar-refractivity contribution in [2.75, 3.05) is 0 Å². The van der Waals surface area contributed by atoms with Gasteiger partial charge >= 0.3 is 6.18 Å². The third-order valence-electron chi connectivity index (χ3n) is 3.37. The fourth-order valence-electron chi connectivity index (χ4n) is 2.29. The van der Waals surface area contributed by atoms with E-state index in [9.17, 15) is 13.2 Å². The van der Waals surface area contributed by atoms with Crippen molar-refractivity contribution in [3.63, 3.8) is 0 Å². The summed E-state index contributed by atoms with van der Waals surface area (Å²) in [6, 6.07) is 12.7. The average molecular weight is 310 g/mol. The highest BCUT2D eigenvalue weighted by Gasteiger charge is 2.29. The van der Waals surface area contributed by atoms with Crippen LogP contribution in [0.3, 0.4) is 0 Å². The van der Waals surface area contributed by atoms with Crippen molar-refractivity contribution >= 4 is 22.5 Å². The Balaban J connectivity index is 1.90. The van der Waals surface area contributed by atoms with Crippen LogP contribution in [0.25, 0.3) is 10.9 Å². The number of nitrogens with zero attached hydrogens (tertiary/aromatic N) is 1. The van der Waals surface area contributed by atoms with Crippen LogP contribution in [-0.4, -0.2) is 4.57 Å². The van der Waals surface area contributed by atoms with E-state index in [-0.39, 0.29) is 0 Å². The Morgan fingerprint density at radius 2 is 1.67 bits per heavy atom. The molecule has 1 nitrogen and oxygen atoms in total. The van der Waals surface area contributed by atoms with Gasteiger partial charge in [-0.3, -0.25) is 0 Å². The van der Waals surface area contributed by atoms with E-state index in [1.165, 1.54) is 12.1 Å². The third kappa shape index (κ3) is 2.90. The summed E-state index contributed by atoms with van der Waals surface area (Å²) in [6.45, 7) is 0.502. The highest BCUT2D eigenvalue weighted by Crippen LogP contribution is 2.29. The Labute approximate surface area is 124 Å². The Morgan fingerprint density at radius 3 is 2.33 bits per heavy atom. The molecule has 0 saturated carbocycles. The van der Waals surface area contributed by atoms with Gasteiger partial charge < -0.3 is 4.57 Å². The first kappa shape index (κ1) is 14.0. The van der Waals surface area contributed by atoms with E-state index in [1.807, 2.05) is 35.0 Å². The van der Waals surface area contributed by atoms with Gasteiger partial charge in [-0.15, -0.1) is 0 Å². The molecule has 1 aromatic heterocycles. The minimum absolute atomic E-state index is 0.502. The maximum atomic E-state index is 12.5. The minimum atomic E-state index is -4.30. The van der Waals surface area contributed by atoms with Crippen LogP contribution in [0, 0.1) is 0 Å². The van der Waals surface area contributed by atoms with Crippen molar-refractivity contribution in [3.05, 3.63) is 70.9 Å². The standard InChI is InChI=1S/C16H11ClF3N/c17-14-6-3-12-7-8-21(15(12)9-14)10-11-1-4-13(5-2-11)16(18,19)20/h1-9H,10H2. The number of aromatic nitrogens is 1. The second-order valence-electron chi connectivity index (χ2n) is 4.84. The van der Waals surface area contributed by atoms with E-state index in [2.05, 4.69) is 0 Å². The number of alkyl halides is 3. The van der Waals surface area contributed by atoms with Crippen LogP contribution in [0.1, 0.15) is 11.1 Å². The summed E-state index contributed by atoms with van der Waals surface area (Å²) >= 11 is 5.98. The molecule has 5 heteroatoms. The van der Waals surface area contributed by atoms with E-state index >= 15 is 0 Å². The molecule has 0 aliphatic rings. The third-order valence-corrected chi connectivity index (χ3v) is 3.61. The summed E-state index contributed by atoms with van der Waals surface area (Å²) in [7, 11) is 0. The predicted octanol–water partition coefficient (Wildman–Crippen LogP) is 5.36. The largest absolute Gasteiger partial charge is 0.416 e. The van der Waals surface area contributed by atoms with Crippen molar-refractivity contribution in [1.29, 1.82) is 0 Å². The van der Waals surface area contributed by atoms with Gasteiger partial charge in [0.05, 0.1) is 5.56 Å². The van der Waals surface area contributed by atoms with Gasteiger partial charge in [-0.2, -0.15) is 13.2 Å². The molecule has 0 aliphatic heterocycles. The van der Waals surface area contributed by atoms with E-state index in [4.69, 9.17) is 11.6 Å². The quantitative estimate of drug-likeness (QED) is 0.600. The molecule has 0 bridgehead atoms. The van der Waals surface area contributed by atoms with Crippen LogP contribution < -0.4 is 0 Å². The van der Waals surface area contributed by atoms with Gasteiger partial charge in [0, 0.05) is 23.3 Å². The average Bonchev–Trinajstić information content (AvgIpc) is 2.81. The number of benzene rings is 2. The van der Waals surface area contributed by atoms with Gasteiger partial charge in [0.1, 0.15) is 0 Å². The number of hydrogen-bond donors (Lipinski definition) is 0. The van der Waals surface area contributed by atoms with Gasteiger partial charge in [-0.25, -0.2) is 0 Å². The molecule has 3 rings (SSSR count). The molecule has 0 radical (unpaired) electrons. The van der Waals surface area contributed by atoms with Gasteiger partial charge in [0.15, 0.2) is 0 Å². The van der Waals surface area contributed by atoms with E-state index in [0.717, 1.165) is 28.6 Å². The second kappa shape index (κ2) is 5.11. The summed E-state index contributed by atoms with van der Waals surface area (Å²) in [4.78, 5) is 0. The highest BCUT2D eigenvalue weighted by molar-refractivity contribution is 6.31. The van der Waals surface area contributed by atoms with Gasteiger partial charge in [0.25, 0.3) is 0 Å². The number of hydrogen-bond acceptors (Lipinski definition) is 0. The molecule has 0 amide bonds. The second-order valence-corrected chi connectivity index (χ2v) is 5.28. The number of halogens is 4. The van der Waals surface area contributed by atoms with Crippen LogP contribution in [-0.2, 0) is 12.7 Å². The molecular formula is C16H11ClF3N. The normalized spacial score (nSPS) is 12.0. The van der Waals surface area contributed by atoms with Crippen molar-refractivity contribution < 1.29 is 13.2 Å². The molecule has 0 fully saturated rings. The monoisotopic (exact) mass is 309 g/mol. The SMILES string of the molecule is FC(F)(F)c1ccc(Cn2ccc3ccc(Cl)cc32)cc1. The lowest BCUT2D eigenvalue weighted by atomic mass is 10.1. The Morgan fingerprint density at radius 1 is 0.952 bits per heavy atom. The number of rotatable bonds is 2.